The maximum Gasteiger partial charge on any atom is 0.400 e. The molecule has 1 fully saturated rings. The molecule has 11 heteroatoms. The number of halogens is 3. The van der Waals surface area contributed by atoms with Crippen molar-refractivity contribution in [2.45, 2.75) is 24.5 Å². The van der Waals surface area contributed by atoms with Gasteiger partial charge >= 0.3 is 13.3 Å². The third-order valence-electron chi connectivity index (χ3n) is 5.41. The molecule has 1 aliphatic rings. The van der Waals surface area contributed by atoms with Crippen molar-refractivity contribution in [2.24, 2.45) is 0 Å². The normalized spacial score (nSPS) is 17.5. The lowest BCUT2D eigenvalue weighted by molar-refractivity contribution is 0.0595. The number of thiophene rings is 1. The van der Waals surface area contributed by atoms with Crippen LogP contribution in [0.15, 0.2) is 53.0 Å². The fourth-order valence-corrected chi connectivity index (χ4v) is 6.70. The van der Waals surface area contributed by atoms with Crippen molar-refractivity contribution in [3.8, 4) is 0 Å². The summed E-state index contributed by atoms with van der Waals surface area (Å²) in [4.78, 5) is 32.4. The molecule has 2 heterocycles. The molecule has 32 heavy (non-hydrogen) atoms. The first-order valence-electron chi connectivity index (χ1n) is 9.85. The van der Waals surface area contributed by atoms with Gasteiger partial charge in [0.15, 0.2) is 0 Å². The van der Waals surface area contributed by atoms with E-state index in [-0.39, 0.29) is 16.4 Å². The van der Waals surface area contributed by atoms with Crippen molar-refractivity contribution in [3.63, 3.8) is 0 Å². The molecule has 3 N–H and O–H groups in total. The van der Waals surface area contributed by atoms with Crippen LogP contribution in [0.2, 0.25) is 0 Å². The van der Waals surface area contributed by atoms with E-state index in [9.17, 15) is 18.1 Å². The van der Waals surface area contributed by atoms with Crippen LogP contribution >= 0.6 is 34.9 Å². The van der Waals surface area contributed by atoms with Gasteiger partial charge in [-0.2, -0.15) is 8.78 Å². The number of amides is 1. The summed E-state index contributed by atoms with van der Waals surface area (Å²) in [5.41, 5.74) is -2.94. The van der Waals surface area contributed by atoms with Gasteiger partial charge in [-0.25, -0.2) is 0 Å². The van der Waals surface area contributed by atoms with E-state index in [1.165, 1.54) is 18.2 Å². The average molecular weight is 545 g/mol. The largest absolute Gasteiger partial charge is 0.400 e. The Morgan fingerprint density at radius 3 is 2.62 bits per heavy atom. The predicted octanol–water partition coefficient (Wildman–Crippen LogP) is 5.29. The lowest BCUT2D eigenvalue weighted by Crippen LogP contribution is -2.47. The molecule has 2 aromatic carbocycles. The molecule has 0 radical (unpaired) electrons. The number of para-hydroxylation sites is 1. The summed E-state index contributed by atoms with van der Waals surface area (Å²) in [5, 5.41) is 3.32. The molecule has 0 saturated carbocycles. The summed E-state index contributed by atoms with van der Waals surface area (Å²) in [6.45, 7) is 1.57. The minimum atomic E-state index is -5.70. The van der Waals surface area contributed by atoms with Gasteiger partial charge in [0.1, 0.15) is 4.88 Å². The Morgan fingerprint density at radius 2 is 1.94 bits per heavy atom. The maximum atomic E-state index is 14.2. The highest BCUT2D eigenvalue weighted by atomic mass is 79.9. The highest BCUT2D eigenvalue weighted by Gasteiger charge is 2.53. The monoisotopic (exact) mass is 544 g/mol. The summed E-state index contributed by atoms with van der Waals surface area (Å²) in [7, 11) is -5.70. The Labute approximate surface area is 195 Å². The van der Waals surface area contributed by atoms with Crippen molar-refractivity contribution >= 4 is 56.5 Å². The number of rotatable bonds is 5. The molecule has 1 atom stereocenters. The lowest BCUT2D eigenvalue weighted by atomic mass is 10.0. The first kappa shape index (κ1) is 23.3. The van der Waals surface area contributed by atoms with E-state index in [0.29, 0.717) is 33.5 Å². The Balaban J connectivity index is 1.54. The third kappa shape index (κ3) is 4.47. The number of anilines is 1. The van der Waals surface area contributed by atoms with Crippen LogP contribution in [0.5, 0.6) is 0 Å². The van der Waals surface area contributed by atoms with Gasteiger partial charge in [-0.3, -0.25) is 9.36 Å². The topological polar surface area (TPSA) is 89.9 Å². The van der Waals surface area contributed by atoms with Gasteiger partial charge in [0.25, 0.3) is 5.91 Å². The molecule has 1 unspecified atom stereocenters. The Bertz CT molecular complexity index is 1200. The zero-order chi connectivity index (χ0) is 23.1. The van der Waals surface area contributed by atoms with Crippen molar-refractivity contribution in [3.05, 3.63) is 63.4 Å². The van der Waals surface area contributed by atoms with Crippen molar-refractivity contribution in [2.75, 3.05) is 18.0 Å². The van der Waals surface area contributed by atoms with Crippen LogP contribution in [-0.4, -0.2) is 34.8 Å². The molecule has 1 amide bonds. The van der Waals surface area contributed by atoms with E-state index in [1.54, 1.807) is 0 Å². The number of nitrogens with zero attached hydrogens (tertiary/aromatic N) is 1. The first-order valence-corrected chi connectivity index (χ1v) is 13.1. The van der Waals surface area contributed by atoms with Crippen LogP contribution in [-0.2, 0) is 10.2 Å². The molecular weight excluding hydrogens is 525 g/mol. The summed E-state index contributed by atoms with van der Waals surface area (Å²) >= 11 is 3.63. The second-order valence-electron chi connectivity index (χ2n) is 7.64. The number of benzene rings is 2. The van der Waals surface area contributed by atoms with Gasteiger partial charge in [-0.1, -0.05) is 18.2 Å². The quantitative estimate of drug-likeness (QED) is 0.380. The number of hydrogen-bond donors (Lipinski definition) is 3. The second-order valence-corrected chi connectivity index (χ2v) is 11.1. The van der Waals surface area contributed by atoms with Crippen molar-refractivity contribution in [1.82, 2.24) is 5.32 Å². The van der Waals surface area contributed by atoms with E-state index in [4.69, 9.17) is 9.79 Å². The average Bonchev–Trinajstić information content (AvgIpc) is 3.10. The van der Waals surface area contributed by atoms with Gasteiger partial charge in [0.2, 0.25) is 0 Å². The highest BCUT2D eigenvalue weighted by Crippen LogP contribution is 2.62. The van der Waals surface area contributed by atoms with Crippen LogP contribution in [0, 0.1) is 0 Å². The molecular formula is C21H20BrF2N2O4PS. The molecule has 4 rings (SSSR count). The maximum absolute atomic E-state index is 14.2. The molecule has 0 bridgehead atoms. The number of piperidine rings is 1. The van der Waals surface area contributed by atoms with Gasteiger partial charge in [-0.05, 0) is 59.1 Å². The zero-order valence-electron chi connectivity index (χ0n) is 16.7. The Hall–Kier alpha value is -1.84. The predicted molar refractivity (Wildman–Crippen MR) is 125 cm³/mol. The standard InChI is InChI=1S/C21H20BrF2N2O4PS/c22-18-16-11-13(8-9-17(16)32-19(18)21(23,24)31(28,29)30)20(27)25-14-5-4-10-26(12-14)15-6-2-1-3-7-15/h1-3,6-9,11,14H,4-5,10,12H2,(H,25,27)(H2,28,29,30). The van der Waals surface area contributed by atoms with Crippen molar-refractivity contribution < 1.29 is 27.9 Å². The first-order chi connectivity index (χ1) is 15.1. The Morgan fingerprint density at radius 1 is 1.22 bits per heavy atom. The minimum absolute atomic E-state index is 0.0624. The number of fused-ring (bicyclic) bond motifs is 1. The van der Waals surface area contributed by atoms with Gasteiger partial charge in [0.05, 0.1) is 0 Å². The summed E-state index contributed by atoms with van der Waals surface area (Å²) in [6, 6.07) is 14.4. The van der Waals surface area contributed by atoms with Crippen molar-refractivity contribution in [1.29, 1.82) is 0 Å². The summed E-state index contributed by atoms with van der Waals surface area (Å²) < 4.78 is 40.0. The molecule has 0 aliphatic carbocycles. The van der Waals surface area contributed by atoms with Gasteiger partial charge in [-0.15, -0.1) is 11.3 Å². The lowest BCUT2D eigenvalue weighted by Gasteiger charge is -2.34. The third-order valence-corrected chi connectivity index (χ3v) is 8.84. The number of nitrogens with one attached hydrogen (secondary N) is 1. The molecule has 170 valence electrons. The van der Waals surface area contributed by atoms with E-state index in [1.807, 2.05) is 30.3 Å². The van der Waals surface area contributed by atoms with E-state index >= 15 is 0 Å². The zero-order valence-corrected chi connectivity index (χ0v) is 20.0. The second kappa shape index (κ2) is 8.83. The van der Waals surface area contributed by atoms with Crippen LogP contribution in [0.3, 0.4) is 0 Å². The molecule has 1 saturated heterocycles. The molecule has 3 aromatic rings. The summed E-state index contributed by atoms with van der Waals surface area (Å²) in [6.07, 6.45) is 1.76. The number of carbonyl (C=O) groups excluding carboxylic acids is 1. The van der Waals surface area contributed by atoms with Gasteiger partial charge in [0, 0.05) is 44.9 Å². The molecule has 6 nitrogen and oxygen atoms in total. The van der Waals surface area contributed by atoms with Crippen LogP contribution < -0.4 is 10.2 Å². The highest BCUT2D eigenvalue weighted by molar-refractivity contribution is 9.10. The van der Waals surface area contributed by atoms with Gasteiger partial charge < -0.3 is 20.0 Å². The fourth-order valence-electron chi connectivity index (χ4n) is 3.77. The van der Waals surface area contributed by atoms with Crippen LogP contribution in [0.25, 0.3) is 10.1 Å². The number of carbonyl (C=O) groups is 1. The van der Waals surface area contributed by atoms with E-state index in [2.05, 4.69) is 26.1 Å². The molecule has 1 aromatic heterocycles. The molecule has 1 aliphatic heterocycles. The number of alkyl halides is 2. The van der Waals surface area contributed by atoms with Crippen LogP contribution in [0.4, 0.5) is 14.5 Å². The van der Waals surface area contributed by atoms with Crippen LogP contribution in [0.1, 0.15) is 28.1 Å². The molecule has 0 spiro atoms. The fraction of sp³-hybridized carbons (Fsp3) is 0.286. The minimum Gasteiger partial charge on any atom is -0.369 e. The van der Waals surface area contributed by atoms with E-state index in [0.717, 1.165) is 25.1 Å². The van der Waals surface area contributed by atoms with E-state index < -0.39 is 18.1 Å². The smallest absolute Gasteiger partial charge is 0.369 e. The SMILES string of the molecule is O=C(NC1CCCN(c2ccccc2)C1)c1ccc2sc(C(F)(F)P(=O)(O)O)c(Br)c2c1. The number of hydrogen-bond acceptors (Lipinski definition) is 4. The Kier molecular flexibility index (Phi) is 6.44. The summed E-state index contributed by atoms with van der Waals surface area (Å²) in [5.74, 6) is -0.326.